The van der Waals surface area contributed by atoms with Crippen LogP contribution in [0.15, 0.2) is 53.4 Å². The lowest BCUT2D eigenvalue weighted by Crippen LogP contribution is -2.43. The highest BCUT2D eigenvalue weighted by molar-refractivity contribution is 7.99. The maximum absolute atomic E-state index is 13.9. The highest BCUT2D eigenvalue weighted by Crippen LogP contribution is 2.49. The van der Waals surface area contributed by atoms with Gasteiger partial charge in [-0.15, -0.1) is 11.8 Å². The van der Waals surface area contributed by atoms with E-state index in [0.717, 1.165) is 16.3 Å². The number of para-hydroxylation sites is 1. The van der Waals surface area contributed by atoms with E-state index >= 15 is 0 Å². The van der Waals surface area contributed by atoms with Crippen LogP contribution in [0.5, 0.6) is 0 Å². The van der Waals surface area contributed by atoms with Crippen LogP contribution in [0.2, 0.25) is 0 Å². The van der Waals surface area contributed by atoms with Gasteiger partial charge in [-0.1, -0.05) is 30.3 Å². The summed E-state index contributed by atoms with van der Waals surface area (Å²) in [7, 11) is 0. The molecule has 0 radical (unpaired) electrons. The highest BCUT2D eigenvalue weighted by Gasteiger charge is 2.47. The van der Waals surface area contributed by atoms with E-state index in [-0.39, 0.29) is 23.6 Å². The number of benzene rings is 2. The maximum atomic E-state index is 13.9. The SMILES string of the molecule is C[C@H](OC(=O)[C@@H]1C[C@@H]1c1ccccc1F)C(=O)N1CCSc2ccccc21. The maximum Gasteiger partial charge on any atom is 0.310 e. The van der Waals surface area contributed by atoms with E-state index in [1.54, 1.807) is 41.8 Å². The van der Waals surface area contributed by atoms with Crippen LogP contribution in [0.25, 0.3) is 0 Å². The largest absolute Gasteiger partial charge is 0.452 e. The lowest BCUT2D eigenvalue weighted by molar-refractivity contribution is -0.155. The second-order valence-electron chi connectivity index (χ2n) is 6.86. The van der Waals surface area contributed by atoms with Gasteiger partial charge in [0.15, 0.2) is 6.10 Å². The topological polar surface area (TPSA) is 46.6 Å². The molecular weight excluding hydrogens is 365 g/mol. The lowest BCUT2D eigenvalue weighted by atomic mass is 10.1. The molecule has 4 nitrogen and oxygen atoms in total. The third kappa shape index (κ3) is 3.58. The van der Waals surface area contributed by atoms with Crippen molar-refractivity contribution < 1.29 is 18.7 Å². The number of carbonyl (C=O) groups is 2. The van der Waals surface area contributed by atoms with Crippen LogP contribution < -0.4 is 4.90 Å². The van der Waals surface area contributed by atoms with Crippen molar-refractivity contribution in [1.82, 2.24) is 0 Å². The number of hydrogen-bond acceptors (Lipinski definition) is 4. The molecule has 1 fully saturated rings. The molecule has 27 heavy (non-hydrogen) atoms. The van der Waals surface area contributed by atoms with Gasteiger partial charge in [0, 0.05) is 23.1 Å². The van der Waals surface area contributed by atoms with Gasteiger partial charge in [-0.25, -0.2) is 4.39 Å². The monoisotopic (exact) mass is 385 g/mol. The number of esters is 1. The molecule has 1 amide bonds. The van der Waals surface area contributed by atoms with Crippen molar-refractivity contribution in [3.63, 3.8) is 0 Å². The highest BCUT2D eigenvalue weighted by atomic mass is 32.2. The number of halogens is 1. The molecule has 1 aliphatic heterocycles. The summed E-state index contributed by atoms with van der Waals surface area (Å²) in [6.07, 6.45) is -0.306. The van der Waals surface area contributed by atoms with Crippen molar-refractivity contribution in [3.05, 3.63) is 59.9 Å². The number of amides is 1. The van der Waals surface area contributed by atoms with Crippen LogP contribution >= 0.6 is 11.8 Å². The van der Waals surface area contributed by atoms with Gasteiger partial charge in [-0.05, 0) is 37.1 Å². The van der Waals surface area contributed by atoms with Crippen LogP contribution in [-0.4, -0.2) is 30.3 Å². The Bertz CT molecular complexity index is 887. The van der Waals surface area contributed by atoms with Gasteiger partial charge in [0.2, 0.25) is 0 Å². The first kappa shape index (κ1) is 18.0. The van der Waals surface area contributed by atoms with Gasteiger partial charge in [-0.3, -0.25) is 9.59 Å². The zero-order chi connectivity index (χ0) is 19.0. The molecule has 0 spiro atoms. The molecule has 1 aliphatic carbocycles. The van der Waals surface area contributed by atoms with E-state index < -0.39 is 12.1 Å². The minimum atomic E-state index is -0.865. The first-order valence-corrected chi connectivity index (χ1v) is 10.0. The Kier molecular flexibility index (Phi) is 4.91. The second kappa shape index (κ2) is 7.35. The first-order chi connectivity index (χ1) is 13.1. The van der Waals surface area contributed by atoms with Crippen molar-refractivity contribution in [2.75, 3.05) is 17.2 Å². The Hall–Kier alpha value is -2.34. The third-order valence-electron chi connectivity index (χ3n) is 5.03. The zero-order valence-corrected chi connectivity index (χ0v) is 15.7. The molecule has 140 valence electrons. The molecule has 1 heterocycles. The van der Waals surface area contributed by atoms with Crippen LogP contribution in [0.4, 0.5) is 10.1 Å². The Morgan fingerprint density at radius 1 is 1.19 bits per heavy atom. The number of anilines is 1. The molecule has 4 rings (SSSR count). The minimum absolute atomic E-state index is 0.159. The molecule has 0 saturated heterocycles. The molecule has 0 bridgehead atoms. The van der Waals surface area contributed by atoms with E-state index in [9.17, 15) is 14.0 Å². The predicted octanol–water partition coefficient (Wildman–Crippen LogP) is 4.00. The van der Waals surface area contributed by atoms with Crippen LogP contribution in [-0.2, 0) is 14.3 Å². The van der Waals surface area contributed by atoms with Crippen LogP contribution in [0, 0.1) is 11.7 Å². The van der Waals surface area contributed by atoms with Gasteiger partial charge < -0.3 is 9.64 Å². The van der Waals surface area contributed by atoms with Crippen molar-refractivity contribution in [1.29, 1.82) is 0 Å². The molecule has 0 unspecified atom stereocenters. The fourth-order valence-electron chi connectivity index (χ4n) is 3.50. The fourth-order valence-corrected chi connectivity index (χ4v) is 4.50. The molecule has 0 N–H and O–H groups in total. The predicted molar refractivity (Wildman–Crippen MR) is 102 cm³/mol. The number of rotatable bonds is 4. The molecule has 1 saturated carbocycles. The number of fused-ring (bicyclic) bond motifs is 1. The Morgan fingerprint density at radius 2 is 1.93 bits per heavy atom. The molecule has 3 atom stereocenters. The smallest absolute Gasteiger partial charge is 0.310 e. The first-order valence-electron chi connectivity index (χ1n) is 9.04. The summed E-state index contributed by atoms with van der Waals surface area (Å²) in [5.74, 6) is -0.678. The molecule has 6 heteroatoms. The summed E-state index contributed by atoms with van der Waals surface area (Å²) in [6.45, 7) is 2.19. The summed E-state index contributed by atoms with van der Waals surface area (Å²) >= 11 is 1.71. The number of thioether (sulfide) groups is 1. The summed E-state index contributed by atoms with van der Waals surface area (Å²) in [5.41, 5.74) is 1.40. The van der Waals surface area contributed by atoms with Gasteiger partial charge in [0.25, 0.3) is 5.91 Å². The number of hydrogen-bond donors (Lipinski definition) is 0. The van der Waals surface area contributed by atoms with Gasteiger partial charge in [-0.2, -0.15) is 0 Å². The number of nitrogens with zero attached hydrogens (tertiary/aromatic N) is 1. The number of carbonyl (C=O) groups excluding carboxylic acids is 2. The minimum Gasteiger partial charge on any atom is -0.452 e. The van der Waals surface area contributed by atoms with E-state index in [0.29, 0.717) is 18.5 Å². The summed E-state index contributed by atoms with van der Waals surface area (Å²) in [4.78, 5) is 28.0. The normalized spacial score (nSPS) is 21.9. The number of ether oxygens (including phenoxy) is 1. The summed E-state index contributed by atoms with van der Waals surface area (Å²) in [6, 6.07) is 14.2. The second-order valence-corrected chi connectivity index (χ2v) is 7.99. The quantitative estimate of drug-likeness (QED) is 0.747. The van der Waals surface area contributed by atoms with E-state index in [1.165, 1.54) is 6.07 Å². The van der Waals surface area contributed by atoms with Gasteiger partial charge in [0.05, 0.1) is 11.6 Å². The van der Waals surface area contributed by atoms with Crippen LogP contribution in [0.3, 0.4) is 0 Å². The molecule has 2 aromatic rings. The molecule has 0 aromatic heterocycles. The van der Waals surface area contributed by atoms with E-state index in [4.69, 9.17) is 4.74 Å². The Morgan fingerprint density at radius 3 is 2.74 bits per heavy atom. The average molecular weight is 385 g/mol. The standard InChI is InChI=1S/C21H20FNO3S/c1-13(20(24)23-10-11-27-19-9-5-4-8-18(19)23)26-21(25)16-12-15(16)14-6-2-3-7-17(14)22/h2-9,13,15-16H,10-12H2,1H3/t13-,15+,16+/m0/s1. The zero-order valence-electron chi connectivity index (χ0n) is 14.9. The summed E-state index contributed by atoms with van der Waals surface area (Å²) in [5, 5.41) is 0. The molecule has 2 aliphatic rings. The van der Waals surface area contributed by atoms with Crippen molar-refractivity contribution in [2.24, 2.45) is 5.92 Å². The van der Waals surface area contributed by atoms with Crippen molar-refractivity contribution >= 4 is 29.3 Å². The Labute approximate surface area is 161 Å². The van der Waals surface area contributed by atoms with E-state index in [2.05, 4.69) is 0 Å². The average Bonchev–Trinajstić information content (AvgIpc) is 3.48. The summed E-state index contributed by atoms with van der Waals surface area (Å²) < 4.78 is 19.3. The van der Waals surface area contributed by atoms with Gasteiger partial charge in [0.1, 0.15) is 5.82 Å². The molecular formula is C21H20FNO3S. The van der Waals surface area contributed by atoms with Crippen LogP contribution in [0.1, 0.15) is 24.8 Å². The van der Waals surface area contributed by atoms with Gasteiger partial charge >= 0.3 is 5.97 Å². The van der Waals surface area contributed by atoms with Crippen molar-refractivity contribution in [3.8, 4) is 0 Å². The lowest BCUT2D eigenvalue weighted by Gasteiger charge is -2.30. The fraction of sp³-hybridized carbons (Fsp3) is 0.333. The van der Waals surface area contributed by atoms with E-state index in [1.807, 2.05) is 24.3 Å². The van der Waals surface area contributed by atoms with Crippen molar-refractivity contribution in [2.45, 2.75) is 30.3 Å². The molecule has 2 aromatic carbocycles. The third-order valence-corrected chi connectivity index (χ3v) is 6.08. The Balaban J connectivity index is 1.40.